The van der Waals surface area contributed by atoms with Gasteiger partial charge in [0.05, 0.1) is 7.26 Å². The number of hydrogen-bond acceptors (Lipinski definition) is 2. The van der Waals surface area contributed by atoms with E-state index in [1.54, 1.807) is 25.4 Å². The molecule has 0 saturated carbocycles. The van der Waals surface area contributed by atoms with Crippen molar-refractivity contribution in [1.82, 2.24) is 4.67 Å². The van der Waals surface area contributed by atoms with Crippen LogP contribution in [0, 0.1) is 0 Å². The quantitative estimate of drug-likeness (QED) is 0.651. The molecule has 0 aromatic heterocycles. The van der Waals surface area contributed by atoms with Crippen LogP contribution in [0.15, 0.2) is 0 Å². The van der Waals surface area contributed by atoms with E-state index in [4.69, 9.17) is 0 Å². The standard InChI is InChI=1S/C6H13F3NOP/c1-10(2)12(3,4)11-5-6(7,8)9/h3,5H2,1-2,4H3. The summed E-state index contributed by atoms with van der Waals surface area (Å²) in [5.74, 6) is 0. The summed E-state index contributed by atoms with van der Waals surface area (Å²) in [4.78, 5) is 0. The summed E-state index contributed by atoms with van der Waals surface area (Å²) in [6.07, 6.45) is -0.682. The first-order valence-electron chi connectivity index (χ1n) is 3.25. The Morgan fingerprint density at radius 1 is 1.42 bits per heavy atom. The fourth-order valence-corrected chi connectivity index (χ4v) is 0.983. The largest absolute Gasteiger partial charge is 0.412 e. The molecule has 2 nitrogen and oxygen atoms in total. The first kappa shape index (κ1) is 12.0. The number of hydrogen-bond donors (Lipinski definition) is 0. The molecule has 1 atom stereocenters. The minimum absolute atomic E-state index is 1.22. The Bertz CT molecular complexity index is 190. The predicted octanol–water partition coefficient (Wildman–Crippen LogP) is 2.04. The van der Waals surface area contributed by atoms with Crippen LogP contribution in [0.1, 0.15) is 0 Å². The number of nitrogens with zero attached hydrogens (tertiary/aromatic N) is 1. The molecule has 0 saturated heterocycles. The van der Waals surface area contributed by atoms with Crippen molar-refractivity contribution in [2.75, 3.05) is 27.4 Å². The van der Waals surface area contributed by atoms with E-state index < -0.39 is 20.0 Å². The predicted molar refractivity (Wildman–Crippen MR) is 45.7 cm³/mol. The molecule has 0 aliphatic rings. The van der Waals surface area contributed by atoms with E-state index >= 15 is 0 Å². The minimum Gasteiger partial charge on any atom is -0.338 e. The fourth-order valence-electron chi connectivity index (χ4n) is 0.328. The first-order chi connectivity index (χ1) is 5.15. The summed E-state index contributed by atoms with van der Waals surface area (Å²) in [6.45, 7) is 0.359. The van der Waals surface area contributed by atoms with Crippen molar-refractivity contribution in [3.63, 3.8) is 0 Å². The maximum Gasteiger partial charge on any atom is 0.412 e. The van der Waals surface area contributed by atoms with Gasteiger partial charge in [0, 0.05) is 0 Å². The van der Waals surface area contributed by atoms with Crippen LogP contribution in [0.5, 0.6) is 0 Å². The molecule has 0 amide bonds. The molecule has 12 heavy (non-hydrogen) atoms. The van der Waals surface area contributed by atoms with Crippen molar-refractivity contribution >= 4 is 13.6 Å². The maximum absolute atomic E-state index is 11.7. The summed E-state index contributed by atoms with van der Waals surface area (Å²) >= 11 is 0. The zero-order valence-corrected chi connectivity index (χ0v) is 8.25. The molecular weight excluding hydrogens is 190 g/mol. The molecule has 0 rings (SSSR count). The third-order valence-corrected chi connectivity index (χ3v) is 3.73. The van der Waals surface area contributed by atoms with Crippen molar-refractivity contribution in [2.24, 2.45) is 0 Å². The average molecular weight is 203 g/mol. The van der Waals surface area contributed by atoms with Crippen molar-refractivity contribution in [2.45, 2.75) is 6.18 Å². The molecule has 6 heteroatoms. The van der Waals surface area contributed by atoms with E-state index in [1.165, 1.54) is 0 Å². The molecule has 0 aromatic carbocycles. The van der Waals surface area contributed by atoms with Crippen LogP contribution in [0.4, 0.5) is 13.2 Å². The van der Waals surface area contributed by atoms with Gasteiger partial charge in [0.2, 0.25) is 0 Å². The van der Waals surface area contributed by atoms with E-state index in [9.17, 15) is 13.2 Å². The lowest BCUT2D eigenvalue weighted by Gasteiger charge is -2.27. The lowest BCUT2D eigenvalue weighted by atomic mass is 10.7. The van der Waals surface area contributed by atoms with Crippen LogP contribution in [0.3, 0.4) is 0 Å². The molecule has 0 radical (unpaired) electrons. The maximum atomic E-state index is 11.7. The van der Waals surface area contributed by atoms with Crippen LogP contribution in [-0.4, -0.2) is 44.5 Å². The lowest BCUT2D eigenvalue weighted by molar-refractivity contribution is -0.152. The van der Waals surface area contributed by atoms with Crippen molar-refractivity contribution < 1.29 is 17.7 Å². The highest BCUT2D eigenvalue weighted by Crippen LogP contribution is 2.44. The van der Waals surface area contributed by atoms with Crippen molar-refractivity contribution in [3.05, 3.63) is 0 Å². The van der Waals surface area contributed by atoms with Gasteiger partial charge in [0.15, 0.2) is 0 Å². The van der Waals surface area contributed by atoms with Gasteiger partial charge in [0.25, 0.3) is 0 Å². The second kappa shape index (κ2) is 3.81. The van der Waals surface area contributed by atoms with Gasteiger partial charge < -0.3 is 4.52 Å². The first-order valence-corrected chi connectivity index (χ1v) is 5.54. The van der Waals surface area contributed by atoms with Crippen molar-refractivity contribution in [1.29, 1.82) is 0 Å². The Morgan fingerprint density at radius 2 is 1.83 bits per heavy atom. The van der Waals surface area contributed by atoms with Gasteiger partial charge in [-0.2, -0.15) is 13.2 Å². The number of rotatable bonds is 3. The topological polar surface area (TPSA) is 12.5 Å². The van der Waals surface area contributed by atoms with Crippen molar-refractivity contribution in [3.8, 4) is 0 Å². The molecular formula is C6H13F3NOP. The highest BCUT2D eigenvalue weighted by Gasteiger charge is 2.29. The second-order valence-electron chi connectivity index (χ2n) is 2.79. The smallest absolute Gasteiger partial charge is 0.338 e. The Morgan fingerprint density at radius 3 is 2.08 bits per heavy atom. The highest BCUT2D eigenvalue weighted by molar-refractivity contribution is 7.66. The van der Waals surface area contributed by atoms with Crippen LogP contribution in [0.25, 0.3) is 0 Å². The summed E-state index contributed by atoms with van der Waals surface area (Å²) in [5, 5.41) is 0. The molecule has 0 aliphatic heterocycles. The molecule has 0 spiro atoms. The van der Waals surface area contributed by atoms with Gasteiger partial charge in [-0.3, -0.25) is 4.67 Å². The molecule has 0 aromatic rings. The Balaban J connectivity index is 4.02. The number of alkyl halides is 3. The zero-order valence-electron chi connectivity index (χ0n) is 7.35. The average Bonchev–Trinajstić information content (AvgIpc) is 1.82. The summed E-state index contributed by atoms with van der Waals surface area (Å²) in [5.41, 5.74) is 0. The molecule has 0 aliphatic carbocycles. The van der Waals surface area contributed by atoms with Gasteiger partial charge in [-0.25, -0.2) is 0 Å². The monoisotopic (exact) mass is 203 g/mol. The molecule has 0 fully saturated rings. The summed E-state index contributed by atoms with van der Waals surface area (Å²) in [7, 11) is 1.05. The normalized spacial score (nSPS) is 17.9. The SMILES string of the molecule is C=P(C)(OCC(F)(F)F)N(C)C. The molecule has 1 unspecified atom stereocenters. The summed E-state index contributed by atoms with van der Waals surface area (Å²) < 4.78 is 41.3. The number of halogens is 3. The Kier molecular flexibility index (Phi) is 3.82. The van der Waals surface area contributed by atoms with Gasteiger partial charge in [-0.15, -0.1) is 0 Å². The van der Waals surface area contributed by atoms with E-state index in [1.807, 2.05) is 0 Å². The van der Waals surface area contributed by atoms with Crippen LogP contribution < -0.4 is 0 Å². The van der Waals surface area contributed by atoms with Gasteiger partial charge in [-0.1, -0.05) is 6.30 Å². The fraction of sp³-hybridized carbons (Fsp3) is 0.833. The van der Waals surface area contributed by atoms with Crippen LogP contribution in [-0.2, 0) is 4.52 Å². The van der Waals surface area contributed by atoms with Gasteiger partial charge in [-0.05, 0) is 20.8 Å². The Hall–Kier alpha value is 0.01000. The van der Waals surface area contributed by atoms with Gasteiger partial charge >= 0.3 is 6.18 Å². The second-order valence-corrected chi connectivity index (χ2v) is 5.95. The third kappa shape index (κ3) is 4.80. The third-order valence-electron chi connectivity index (χ3n) is 1.35. The van der Waals surface area contributed by atoms with E-state index in [2.05, 4.69) is 10.8 Å². The molecule has 0 N–H and O–H groups in total. The molecule has 0 bridgehead atoms. The summed E-state index contributed by atoms with van der Waals surface area (Å²) in [6, 6.07) is 0. The zero-order chi connectivity index (χ0) is 9.99. The highest BCUT2D eigenvalue weighted by atomic mass is 31.2. The van der Waals surface area contributed by atoms with Crippen LogP contribution in [0.2, 0.25) is 0 Å². The Labute approximate surface area is 70.4 Å². The van der Waals surface area contributed by atoms with Gasteiger partial charge in [0.1, 0.15) is 6.61 Å². The molecule has 74 valence electrons. The minimum atomic E-state index is -4.27. The van der Waals surface area contributed by atoms with Crippen LogP contribution >= 0.6 is 7.26 Å². The van der Waals surface area contributed by atoms with E-state index in [0.29, 0.717) is 0 Å². The lowest BCUT2D eigenvalue weighted by Crippen LogP contribution is -2.19. The van der Waals surface area contributed by atoms with E-state index in [-0.39, 0.29) is 0 Å². The van der Waals surface area contributed by atoms with E-state index in [0.717, 1.165) is 0 Å². The molecule has 0 heterocycles.